The van der Waals surface area contributed by atoms with E-state index in [4.69, 9.17) is 11.6 Å². The van der Waals surface area contributed by atoms with Gasteiger partial charge in [-0.3, -0.25) is 4.90 Å². The van der Waals surface area contributed by atoms with Gasteiger partial charge in [0.1, 0.15) is 0 Å². The quantitative estimate of drug-likeness (QED) is 0.797. The van der Waals surface area contributed by atoms with Crippen molar-refractivity contribution in [3.63, 3.8) is 0 Å². The predicted octanol–water partition coefficient (Wildman–Crippen LogP) is 3.47. The molecule has 0 spiro atoms. The Morgan fingerprint density at radius 1 is 1.39 bits per heavy atom. The van der Waals surface area contributed by atoms with E-state index in [0.717, 1.165) is 31.5 Å². The minimum Gasteiger partial charge on any atom is -0.311 e. The maximum Gasteiger partial charge on any atom is 0.0227 e. The summed E-state index contributed by atoms with van der Waals surface area (Å²) >= 11 is 5.68. The van der Waals surface area contributed by atoms with Crippen molar-refractivity contribution in [2.75, 3.05) is 19.6 Å². The Morgan fingerprint density at radius 3 is 2.67 bits per heavy atom. The highest BCUT2D eigenvalue weighted by atomic mass is 35.5. The molecule has 1 saturated heterocycles. The molecule has 1 fully saturated rings. The summed E-state index contributed by atoms with van der Waals surface area (Å²) in [6.45, 7) is 12.5. The van der Waals surface area contributed by atoms with Crippen LogP contribution in [-0.2, 0) is 0 Å². The molecule has 1 rings (SSSR count). The van der Waals surface area contributed by atoms with Gasteiger partial charge in [0, 0.05) is 37.3 Å². The zero-order valence-electron chi connectivity index (χ0n) is 12.3. The smallest absolute Gasteiger partial charge is 0.0227 e. The standard InChI is InChI=1S/C15H29ClN2/c1-5-13(4)15-11-18(8-6-7-16)14(10-17-15)9-12(2)3/h6-7,12-15,17H,5,8-11H2,1-4H3/b7-6+. The number of piperazine rings is 1. The van der Waals surface area contributed by atoms with E-state index in [1.165, 1.54) is 12.8 Å². The molecule has 0 amide bonds. The van der Waals surface area contributed by atoms with Crippen molar-refractivity contribution in [3.8, 4) is 0 Å². The van der Waals surface area contributed by atoms with E-state index in [1.54, 1.807) is 5.54 Å². The molecule has 1 aliphatic heterocycles. The van der Waals surface area contributed by atoms with Crippen molar-refractivity contribution in [2.24, 2.45) is 11.8 Å². The molecule has 3 heteroatoms. The van der Waals surface area contributed by atoms with Crippen LogP contribution in [-0.4, -0.2) is 36.6 Å². The second-order valence-corrected chi connectivity index (χ2v) is 6.25. The Bertz CT molecular complexity index is 253. The monoisotopic (exact) mass is 272 g/mol. The predicted molar refractivity (Wildman–Crippen MR) is 81.1 cm³/mol. The molecular weight excluding hydrogens is 244 g/mol. The van der Waals surface area contributed by atoms with Gasteiger partial charge in [0.15, 0.2) is 0 Å². The lowest BCUT2D eigenvalue weighted by molar-refractivity contribution is 0.108. The summed E-state index contributed by atoms with van der Waals surface area (Å²) in [4.78, 5) is 2.59. The average Bonchev–Trinajstić information content (AvgIpc) is 2.36. The minimum atomic E-state index is 0.627. The lowest BCUT2D eigenvalue weighted by Gasteiger charge is -2.42. The van der Waals surface area contributed by atoms with Gasteiger partial charge in [-0.1, -0.05) is 51.8 Å². The SMILES string of the molecule is CCC(C)C1CN(C/C=C/Cl)C(CC(C)C)CN1. The van der Waals surface area contributed by atoms with Crippen LogP contribution in [0.4, 0.5) is 0 Å². The molecule has 0 bridgehead atoms. The van der Waals surface area contributed by atoms with Crippen LogP contribution in [0.1, 0.15) is 40.5 Å². The van der Waals surface area contributed by atoms with Crippen LogP contribution >= 0.6 is 11.6 Å². The van der Waals surface area contributed by atoms with E-state index in [-0.39, 0.29) is 0 Å². The van der Waals surface area contributed by atoms with Gasteiger partial charge in [0.25, 0.3) is 0 Å². The number of hydrogen-bond donors (Lipinski definition) is 1. The van der Waals surface area contributed by atoms with Crippen LogP contribution in [0.15, 0.2) is 11.6 Å². The fourth-order valence-corrected chi connectivity index (χ4v) is 2.80. The van der Waals surface area contributed by atoms with Crippen LogP contribution in [0, 0.1) is 11.8 Å². The first kappa shape index (κ1) is 16.0. The second kappa shape index (κ2) is 8.19. The molecule has 1 aliphatic rings. The maximum atomic E-state index is 5.68. The first-order valence-corrected chi connectivity index (χ1v) is 7.74. The lowest BCUT2D eigenvalue weighted by atomic mass is 9.93. The van der Waals surface area contributed by atoms with Gasteiger partial charge in [0.05, 0.1) is 0 Å². The molecular formula is C15H29ClN2. The highest BCUT2D eigenvalue weighted by Crippen LogP contribution is 2.19. The molecule has 2 nitrogen and oxygen atoms in total. The maximum absolute atomic E-state index is 5.68. The topological polar surface area (TPSA) is 15.3 Å². The van der Waals surface area contributed by atoms with Gasteiger partial charge in [-0.05, 0) is 18.3 Å². The van der Waals surface area contributed by atoms with Crippen molar-refractivity contribution in [2.45, 2.75) is 52.6 Å². The molecule has 0 saturated carbocycles. The molecule has 1 heterocycles. The van der Waals surface area contributed by atoms with E-state index in [2.05, 4.69) is 44.0 Å². The van der Waals surface area contributed by atoms with E-state index in [1.807, 2.05) is 0 Å². The molecule has 3 unspecified atom stereocenters. The molecule has 3 atom stereocenters. The molecule has 1 N–H and O–H groups in total. The molecule has 0 aliphatic carbocycles. The van der Waals surface area contributed by atoms with Crippen molar-refractivity contribution in [1.29, 1.82) is 0 Å². The zero-order valence-corrected chi connectivity index (χ0v) is 13.1. The van der Waals surface area contributed by atoms with Crippen LogP contribution in [0.2, 0.25) is 0 Å². The van der Waals surface area contributed by atoms with Crippen molar-refractivity contribution in [1.82, 2.24) is 10.2 Å². The van der Waals surface area contributed by atoms with Gasteiger partial charge < -0.3 is 5.32 Å². The van der Waals surface area contributed by atoms with Crippen LogP contribution in [0.3, 0.4) is 0 Å². The number of halogens is 1. The first-order chi connectivity index (χ1) is 8.58. The average molecular weight is 273 g/mol. The van der Waals surface area contributed by atoms with Crippen LogP contribution in [0.25, 0.3) is 0 Å². The number of rotatable bonds is 6. The molecule has 0 aromatic heterocycles. The summed E-state index contributed by atoms with van der Waals surface area (Å²) < 4.78 is 0. The third kappa shape index (κ3) is 4.91. The molecule has 106 valence electrons. The molecule has 18 heavy (non-hydrogen) atoms. The number of nitrogens with one attached hydrogen (secondary N) is 1. The fraction of sp³-hybridized carbons (Fsp3) is 0.867. The van der Waals surface area contributed by atoms with Crippen LogP contribution in [0.5, 0.6) is 0 Å². The lowest BCUT2D eigenvalue weighted by Crippen LogP contribution is -2.58. The third-order valence-electron chi connectivity index (χ3n) is 4.07. The van der Waals surface area contributed by atoms with E-state index in [0.29, 0.717) is 12.1 Å². The van der Waals surface area contributed by atoms with Crippen molar-refractivity contribution in [3.05, 3.63) is 11.6 Å². The van der Waals surface area contributed by atoms with Gasteiger partial charge in [-0.15, -0.1) is 0 Å². The first-order valence-electron chi connectivity index (χ1n) is 7.31. The molecule has 0 aromatic rings. The third-order valence-corrected chi connectivity index (χ3v) is 4.24. The summed E-state index contributed by atoms with van der Waals surface area (Å²) in [5, 5.41) is 3.73. The van der Waals surface area contributed by atoms with Gasteiger partial charge in [-0.25, -0.2) is 0 Å². The van der Waals surface area contributed by atoms with E-state index in [9.17, 15) is 0 Å². The normalized spacial score (nSPS) is 28.1. The highest BCUT2D eigenvalue weighted by molar-refractivity contribution is 6.25. The number of hydrogen-bond acceptors (Lipinski definition) is 2. The Balaban J connectivity index is 2.60. The largest absolute Gasteiger partial charge is 0.311 e. The highest BCUT2D eigenvalue weighted by Gasteiger charge is 2.29. The van der Waals surface area contributed by atoms with Crippen molar-refractivity contribution >= 4 is 11.6 Å². The fourth-order valence-electron chi connectivity index (χ4n) is 2.72. The van der Waals surface area contributed by atoms with Gasteiger partial charge >= 0.3 is 0 Å². The van der Waals surface area contributed by atoms with Crippen molar-refractivity contribution < 1.29 is 0 Å². The Kier molecular flexibility index (Phi) is 7.28. The summed E-state index contributed by atoms with van der Waals surface area (Å²) in [6, 6.07) is 1.28. The molecule has 0 radical (unpaired) electrons. The Hall–Kier alpha value is -0.0500. The molecule has 0 aromatic carbocycles. The summed E-state index contributed by atoms with van der Waals surface area (Å²) in [7, 11) is 0. The minimum absolute atomic E-state index is 0.627. The van der Waals surface area contributed by atoms with E-state index >= 15 is 0 Å². The summed E-state index contributed by atoms with van der Waals surface area (Å²) in [5.41, 5.74) is 1.65. The summed E-state index contributed by atoms with van der Waals surface area (Å²) in [6.07, 6.45) is 4.57. The second-order valence-electron chi connectivity index (χ2n) is 6.00. The van der Waals surface area contributed by atoms with Gasteiger partial charge in [0.2, 0.25) is 0 Å². The van der Waals surface area contributed by atoms with Gasteiger partial charge in [-0.2, -0.15) is 0 Å². The summed E-state index contributed by atoms with van der Waals surface area (Å²) in [5.74, 6) is 1.49. The Labute approximate surface area is 118 Å². The van der Waals surface area contributed by atoms with E-state index < -0.39 is 0 Å². The zero-order chi connectivity index (χ0) is 13.5. The van der Waals surface area contributed by atoms with Crippen LogP contribution < -0.4 is 5.32 Å². The Morgan fingerprint density at radius 2 is 2.11 bits per heavy atom. The number of nitrogens with zero attached hydrogens (tertiary/aromatic N) is 1.